The van der Waals surface area contributed by atoms with E-state index < -0.39 is 6.10 Å². The lowest BCUT2D eigenvalue weighted by Crippen LogP contribution is -2.46. The summed E-state index contributed by atoms with van der Waals surface area (Å²) >= 11 is 0. The highest BCUT2D eigenvalue weighted by Gasteiger charge is 2.29. The number of aliphatic hydroxyl groups is 1. The van der Waals surface area contributed by atoms with Gasteiger partial charge in [-0.15, -0.1) is 0 Å². The number of aryl methyl sites for hydroxylation is 4. The summed E-state index contributed by atoms with van der Waals surface area (Å²) in [6, 6.07) is 62.5. The quantitative estimate of drug-likeness (QED) is 0.0406. The third-order valence-corrected chi connectivity index (χ3v) is 17.1. The number of fused-ring (bicyclic) bond motifs is 2. The molecule has 12 heteroatoms. The molecule has 88 heavy (non-hydrogen) atoms. The zero-order valence-electron chi connectivity index (χ0n) is 51.2. The lowest BCUT2D eigenvalue weighted by atomic mass is 9.94. The Bertz CT molecular complexity index is 3130. The van der Waals surface area contributed by atoms with Crippen molar-refractivity contribution in [1.29, 1.82) is 0 Å². The average molecular weight is 1190 g/mol. The van der Waals surface area contributed by atoms with Gasteiger partial charge >= 0.3 is 0 Å². The van der Waals surface area contributed by atoms with E-state index in [-0.39, 0.29) is 55.9 Å². The van der Waals surface area contributed by atoms with E-state index >= 15 is 0 Å². The molecule has 3 saturated heterocycles. The second-order valence-electron chi connectivity index (χ2n) is 24.0. The van der Waals surface area contributed by atoms with Crippen molar-refractivity contribution < 1.29 is 28.9 Å². The molecule has 2 atom stereocenters. The van der Waals surface area contributed by atoms with Crippen LogP contribution in [0.5, 0.6) is 11.5 Å². The zero-order chi connectivity index (χ0) is 60.1. The van der Waals surface area contributed by atoms with E-state index in [1.54, 1.807) is 12.4 Å². The molecule has 2 amide bonds. The van der Waals surface area contributed by atoms with Gasteiger partial charge in [-0.05, 0) is 207 Å². The monoisotopic (exact) mass is 1190 g/mol. The minimum Gasteiger partial charge on any atom is -0.490 e. The molecule has 3 aliphatic rings. The number of epoxide rings is 1. The van der Waals surface area contributed by atoms with Crippen LogP contribution in [0, 0.1) is 11.8 Å². The summed E-state index contributed by atoms with van der Waals surface area (Å²) in [7, 11) is 2.14. The van der Waals surface area contributed by atoms with Crippen molar-refractivity contribution in [1.82, 2.24) is 30.4 Å². The summed E-state index contributed by atoms with van der Waals surface area (Å²) in [6.45, 7) is 5.90. The number of amides is 2. The number of β-amino-alcohol motifs (C(OH)–C–C–N with tert-alkyl or cyclic N) is 1. The van der Waals surface area contributed by atoms with Crippen LogP contribution in [0.15, 0.2) is 194 Å². The summed E-state index contributed by atoms with van der Waals surface area (Å²) in [6.07, 6.45) is 19.6. The molecule has 12 nitrogen and oxygen atoms in total. The molecule has 3 aliphatic heterocycles. The number of hydrogen-bond donors (Lipinski definition) is 3. The summed E-state index contributed by atoms with van der Waals surface area (Å²) in [5.74, 6) is 2.31. The third-order valence-electron chi connectivity index (χ3n) is 17.1. The van der Waals surface area contributed by atoms with Gasteiger partial charge in [-0.1, -0.05) is 141 Å². The predicted octanol–water partition coefficient (Wildman–Crippen LogP) is 13.7. The lowest BCUT2D eigenvalue weighted by Gasteiger charge is -2.33. The molecule has 0 unspecified atom stereocenters. The first-order valence-corrected chi connectivity index (χ1v) is 32.2. The van der Waals surface area contributed by atoms with Crippen molar-refractivity contribution in [3.05, 3.63) is 217 Å². The Balaban J connectivity index is 0.000000190. The van der Waals surface area contributed by atoms with Crippen LogP contribution >= 0.6 is 0 Å². The van der Waals surface area contributed by atoms with E-state index in [2.05, 4.69) is 159 Å². The summed E-state index contributed by atoms with van der Waals surface area (Å²) in [5, 5.41) is 19.6. The van der Waals surface area contributed by atoms with Crippen LogP contribution in [-0.4, -0.2) is 121 Å². The van der Waals surface area contributed by atoms with E-state index in [1.165, 1.54) is 22.3 Å². The minimum absolute atomic E-state index is 0. The van der Waals surface area contributed by atoms with Crippen LogP contribution in [0.4, 0.5) is 0 Å². The first-order chi connectivity index (χ1) is 42.8. The summed E-state index contributed by atoms with van der Waals surface area (Å²) in [4.78, 5) is 39.4. The molecule has 3 N–H and O–H groups in total. The SMILES string of the molecule is C.CN1CCC(C(=O)NC(CCCc2ccccc2)CCCc2ccccc2)CC1.O=C(NC(CCCc1ccccc1)CCCc1ccccc1)C1CCN(C[C@@H](O)COc2cccc3ncccc23)CC1.c1cc(OC[C@H]2CO2)c2cccnc2c1. The van der Waals surface area contributed by atoms with Crippen molar-refractivity contribution in [2.24, 2.45) is 11.8 Å². The molecule has 466 valence electrons. The topological polar surface area (TPSA) is 142 Å². The van der Waals surface area contributed by atoms with Crippen LogP contribution in [-0.2, 0) is 40.0 Å². The Morgan fingerprint density at radius 3 is 1.31 bits per heavy atom. The second kappa shape index (κ2) is 36.7. The number of nitrogens with one attached hydrogen (secondary N) is 2. The van der Waals surface area contributed by atoms with Crippen LogP contribution < -0.4 is 20.1 Å². The molecule has 3 fully saturated rings. The number of carbonyl (C=O) groups excluding carboxylic acids is 2. The fourth-order valence-electron chi connectivity index (χ4n) is 11.9. The molecule has 2 aromatic heterocycles. The van der Waals surface area contributed by atoms with Crippen LogP contribution in [0.2, 0.25) is 0 Å². The van der Waals surface area contributed by atoms with Crippen molar-refractivity contribution in [2.45, 2.75) is 134 Å². The Morgan fingerprint density at radius 1 is 0.523 bits per heavy atom. The number of carbonyl (C=O) groups is 2. The van der Waals surface area contributed by atoms with Gasteiger partial charge in [0, 0.05) is 53.6 Å². The van der Waals surface area contributed by atoms with Crippen molar-refractivity contribution in [3.8, 4) is 11.5 Å². The molecular formula is C76H96N6O6. The fourth-order valence-corrected chi connectivity index (χ4v) is 11.9. The van der Waals surface area contributed by atoms with Gasteiger partial charge in [0.25, 0.3) is 0 Å². The van der Waals surface area contributed by atoms with Gasteiger partial charge in [-0.25, -0.2) is 0 Å². The number of hydrogen-bond acceptors (Lipinski definition) is 10. The molecule has 0 saturated carbocycles. The van der Waals surface area contributed by atoms with Crippen LogP contribution in [0.25, 0.3) is 21.8 Å². The predicted molar refractivity (Wildman–Crippen MR) is 358 cm³/mol. The first-order valence-electron chi connectivity index (χ1n) is 32.2. The molecular weight excluding hydrogens is 1090 g/mol. The van der Waals surface area contributed by atoms with Crippen molar-refractivity contribution in [3.63, 3.8) is 0 Å². The van der Waals surface area contributed by atoms with Crippen LogP contribution in [0.3, 0.4) is 0 Å². The number of aliphatic hydroxyl groups excluding tert-OH is 1. The van der Waals surface area contributed by atoms with Gasteiger partial charge in [-0.3, -0.25) is 19.6 Å². The lowest BCUT2D eigenvalue weighted by molar-refractivity contribution is -0.128. The highest BCUT2D eigenvalue weighted by molar-refractivity contribution is 5.85. The summed E-state index contributed by atoms with van der Waals surface area (Å²) in [5.41, 5.74) is 7.32. The molecule has 0 aliphatic carbocycles. The van der Waals surface area contributed by atoms with Crippen molar-refractivity contribution >= 4 is 33.6 Å². The maximum Gasteiger partial charge on any atom is 0.223 e. The first kappa shape index (κ1) is 66.5. The number of rotatable bonds is 28. The minimum atomic E-state index is -0.601. The third kappa shape index (κ3) is 22.9. The van der Waals surface area contributed by atoms with E-state index in [0.717, 1.165) is 169 Å². The van der Waals surface area contributed by atoms with E-state index in [9.17, 15) is 14.7 Å². The van der Waals surface area contributed by atoms with Crippen molar-refractivity contribution in [2.75, 3.05) is 59.6 Å². The van der Waals surface area contributed by atoms with Gasteiger partial charge in [0.05, 0.1) is 17.6 Å². The van der Waals surface area contributed by atoms with Gasteiger partial charge in [0.2, 0.25) is 11.8 Å². The zero-order valence-corrected chi connectivity index (χ0v) is 51.2. The van der Waals surface area contributed by atoms with Gasteiger partial charge in [0.1, 0.15) is 36.9 Å². The normalized spacial score (nSPS) is 15.7. The molecule has 11 rings (SSSR count). The number of ether oxygens (including phenoxy) is 3. The number of benzene rings is 6. The number of piperidine rings is 2. The second-order valence-corrected chi connectivity index (χ2v) is 24.0. The van der Waals surface area contributed by atoms with Gasteiger partial charge < -0.3 is 39.8 Å². The highest BCUT2D eigenvalue weighted by Crippen LogP contribution is 2.27. The highest BCUT2D eigenvalue weighted by atomic mass is 16.6. The fraction of sp³-hybridized carbons (Fsp3) is 0.421. The van der Waals surface area contributed by atoms with Gasteiger partial charge in [-0.2, -0.15) is 0 Å². The molecule has 0 radical (unpaired) electrons. The Kier molecular flexibility index (Phi) is 27.8. The number of pyridine rings is 2. The number of aromatic nitrogens is 2. The van der Waals surface area contributed by atoms with E-state index in [4.69, 9.17) is 14.2 Å². The van der Waals surface area contributed by atoms with E-state index in [0.29, 0.717) is 13.2 Å². The molecule has 0 bridgehead atoms. The number of likely N-dealkylation sites (tertiary alicyclic amines) is 2. The summed E-state index contributed by atoms with van der Waals surface area (Å²) < 4.78 is 16.7. The Morgan fingerprint density at radius 2 is 0.909 bits per heavy atom. The Hall–Kier alpha value is -7.48. The van der Waals surface area contributed by atoms with Crippen LogP contribution in [0.1, 0.15) is 107 Å². The smallest absolute Gasteiger partial charge is 0.223 e. The Labute approximate surface area is 524 Å². The standard InChI is InChI=1S/C37H45N3O3.C26H36N2O.C12H11NO2.CH4/c41-33(28-43-36-21-9-20-35-34(36)19-10-24-38-35)27-40-25-22-31(23-26-40)37(42)39-32(17-7-15-29-11-3-1-4-12-29)18-8-16-30-13-5-2-6-14-30;1-28-20-18-24(19-21-28)26(29)27-25(16-8-14-22-10-4-2-5-11-22)17-9-15-23-12-6-3-7-13-23;1-4-11-10(3-2-6-13-11)12(5-1)15-8-9-7-14-9;/h1-6,9-14,19-21,24,31-33,41H,7-8,15-18,22-23,25-28H2,(H,39,42);2-7,10-13,24-25H,8-9,14-21H2,1H3,(H,27,29);1-6,9H,7-8H2;1H4/t33-;;9-;/m1.1./s1. The maximum atomic E-state index is 13.4. The largest absolute Gasteiger partial charge is 0.490 e. The van der Waals surface area contributed by atoms with E-state index in [1.807, 2.05) is 60.7 Å². The molecule has 8 aromatic rings. The molecule has 6 aromatic carbocycles. The molecule has 0 spiro atoms. The average Bonchev–Trinajstić information content (AvgIpc) is 3.87. The number of nitrogens with zero attached hydrogens (tertiary/aromatic N) is 4. The maximum absolute atomic E-state index is 13.4. The molecule has 5 heterocycles. The van der Waals surface area contributed by atoms with Gasteiger partial charge in [0.15, 0.2) is 0 Å².